The Labute approximate surface area is 128 Å². The van der Waals surface area contributed by atoms with Gasteiger partial charge >= 0.3 is 0 Å². The Morgan fingerprint density at radius 2 is 2.05 bits per heavy atom. The fraction of sp³-hybridized carbons (Fsp3) is 0.357. The quantitative estimate of drug-likeness (QED) is 0.921. The number of nitrogens with zero attached hydrogens (tertiary/aromatic N) is 2. The van der Waals surface area contributed by atoms with Gasteiger partial charge in [0.2, 0.25) is 0 Å². The van der Waals surface area contributed by atoms with Gasteiger partial charge in [0.25, 0.3) is 0 Å². The molecule has 20 heavy (non-hydrogen) atoms. The normalized spacial score (nSPS) is 10.8. The highest BCUT2D eigenvalue weighted by Crippen LogP contribution is 2.32. The molecule has 0 aliphatic carbocycles. The van der Waals surface area contributed by atoms with Crippen LogP contribution in [0.5, 0.6) is 5.75 Å². The first-order valence-corrected chi connectivity index (χ1v) is 7.13. The second-order valence-electron chi connectivity index (χ2n) is 4.47. The van der Waals surface area contributed by atoms with Crippen LogP contribution in [0.15, 0.2) is 18.2 Å². The van der Waals surface area contributed by atoms with Crippen molar-refractivity contribution in [3.8, 4) is 5.75 Å². The summed E-state index contributed by atoms with van der Waals surface area (Å²) in [5.41, 5.74) is 8.51. The Kier molecular flexibility index (Phi) is 4.91. The summed E-state index contributed by atoms with van der Waals surface area (Å²) in [5.74, 6) is 0.581. The molecule has 0 atom stereocenters. The van der Waals surface area contributed by atoms with Crippen molar-refractivity contribution in [2.45, 2.75) is 26.5 Å². The van der Waals surface area contributed by atoms with Crippen molar-refractivity contribution in [2.75, 3.05) is 0 Å². The van der Waals surface area contributed by atoms with E-state index in [1.54, 1.807) is 12.1 Å². The first-order chi connectivity index (χ1) is 9.55. The monoisotopic (exact) mass is 313 g/mol. The van der Waals surface area contributed by atoms with Gasteiger partial charge in [0.1, 0.15) is 12.4 Å². The van der Waals surface area contributed by atoms with E-state index in [0.717, 1.165) is 23.4 Å². The minimum atomic E-state index is 0.321. The number of hydrogen-bond acceptors (Lipinski definition) is 3. The molecule has 0 bridgehead atoms. The zero-order valence-corrected chi connectivity index (χ0v) is 13.0. The van der Waals surface area contributed by atoms with Gasteiger partial charge in [-0.25, -0.2) is 0 Å². The van der Waals surface area contributed by atoms with E-state index < -0.39 is 0 Å². The molecule has 0 radical (unpaired) electrons. The highest BCUT2D eigenvalue weighted by Gasteiger charge is 2.11. The fourth-order valence-electron chi connectivity index (χ4n) is 1.95. The van der Waals surface area contributed by atoms with Gasteiger partial charge in [-0.05, 0) is 24.6 Å². The maximum Gasteiger partial charge on any atom is 0.143 e. The summed E-state index contributed by atoms with van der Waals surface area (Å²) in [6.45, 7) is 2.77. The molecule has 0 aliphatic rings. The number of nitrogens with two attached hydrogens (primary N) is 1. The number of halogens is 2. The predicted octanol–water partition coefficient (Wildman–Crippen LogP) is 3.33. The van der Waals surface area contributed by atoms with E-state index in [-0.39, 0.29) is 0 Å². The summed E-state index contributed by atoms with van der Waals surface area (Å²) >= 11 is 12.1. The number of aryl methyl sites for hydroxylation is 2. The second-order valence-corrected chi connectivity index (χ2v) is 5.32. The van der Waals surface area contributed by atoms with Gasteiger partial charge in [-0.3, -0.25) is 4.68 Å². The standard InChI is InChI=1S/C14H17Cl2N3O/c1-3-11-6-12(19(2)18-11)8-20-14-9(7-17)4-10(15)5-13(14)16/h4-6H,3,7-8,17H2,1-2H3. The van der Waals surface area contributed by atoms with Crippen LogP contribution in [0.25, 0.3) is 0 Å². The molecule has 0 aliphatic heterocycles. The average molecular weight is 314 g/mol. The van der Waals surface area contributed by atoms with Gasteiger partial charge in [0, 0.05) is 24.2 Å². The van der Waals surface area contributed by atoms with Gasteiger partial charge in [-0.15, -0.1) is 0 Å². The number of rotatable bonds is 5. The van der Waals surface area contributed by atoms with Crippen molar-refractivity contribution in [3.05, 3.63) is 45.2 Å². The SMILES string of the molecule is CCc1cc(COc2c(Cl)cc(Cl)cc2CN)n(C)n1. The molecule has 2 N–H and O–H groups in total. The third-order valence-corrected chi connectivity index (χ3v) is 3.56. The molecule has 1 aromatic carbocycles. The van der Waals surface area contributed by atoms with E-state index in [1.165, 1.54) is 0 Å². The van der Waals surface area contributed by atoms with Crippen molar-refractivity contribution in [2.24, 2.45) is 12.8 Å². The molecular weight excluding hydrogens is 297 g/mol. The smallest absolute Gasteiger partial charge is 0.143 e. The highest BCUT2D eigenvalue weighted by atomic mass is 35.5. The van der Waals surface area contributed by atoms with Crippen LogP contribution in [0, 0.1) is 0 Å². The van der Waals surface area contributed by atoms with Crippen LogP contribution in [0.1, 0.15) is 23.9 Å². The van der Waals surface area contributed by atoms with Crippen molar-refractivity contribution in [1.82, 2.24) is 9.78 Å². The summed E-state index contributed by atoms with van der Waals surface area (Å²) in [4.78, 5) is 0. The zero-order valence-electron chi connectivity index (χ0n) is 11.5. The lowest BCUT2D eigenvalue weighted by atomic mass is 10.2. The molecule has 2 aromatic rings. The van der Waals surface area contributed by atoms with E-state index in [0.29, 0.717) is 28.9 Å². The third-order valence-electron chi connectivity index (χ3n) is 3.06. The van der Waals surface area contributed by atoms with Crippen molar-refractivity contribution in [1.29, 1.82) is 0 Å². The van der Waals surface area contributed by atoms with E-state index in [1.807, 2.05) is 17.8 Å². The summed E-state index contributed by atoms with van der Waals surface area (Å²) in [5, 5.41) is 5.40. The van der Waals surface area contributed by atoms with E-state index in [2.05, 4.69) is 12.0 Å². The highest BCUT2D eigenvalue weighted by molar-refractivity contribution is 6.35. The Bertz CT molecular complexity index is 611. The third kappa shape index (κ3) is 3.26. The molecule has 0 saturated carbocycles. The molecule has 0 unspecified atom stereocenters. The second kappa shape index (κ2) is 6.48. The molecule has 0 fully saturated rings. The van der Waals surface area contributed by atoms with Crippen molar-refractivity contribution < 1.29 is 4.74 Å². The Morgan fingerprint density at radius 1 is 1.30 bits per heavy atom. The van der Waals surface area contributed by atoms with Crippen LogP contribution in [-0.2, 0) is 26.6 Å². The van der Waals surface area contributed by atoms with Gasteiger partial charge in [0.15, 0.2) is 0 Å². The summed E-state index contributed by atoms with van der Waals surface area (Å²) in [6.07, 6.45) is 0.892. The molecule has 0 spiro atoms. The zero-order chi connectivity index (χ0) is 14.7. The molecule has 6 heteroatoms. The van der Waals surface area contributed by atoms with Crippen molar-refractivity contribution in [3.63, 3.8) is 0 Å². The molecule has 1 aromatic heterocycles. The Morgan fingerprint density at radius 3 is 2.65 bits per heavy atom. The van der Waals surface area contributed by atoms with Crippen LogP contribution in [0.4, 0.5) is 0 Å². The Hall–Kier alpha value is -1.23. The minimum absolute atomic E-state index is 0.321. The summed E-state index contributed by atoms with van der Waals surface area (Å²) in [6, 6.07) is 5.44. The molecule has 2 rings (SSSR count). The molecule has 0 amide bonds. The summed E-state index contributed by atoms with van der Waals surface area (Å²) in [7, 11) is 1.89. The van der Waals surface area contributed by atoms with E-state index in [4.69, 9.17) is 33.7 Å². The minimum Gasteiger partial charge on any atom is -0.485 e. The topological polar surface area (TPSA) is 53.1 Å². The lowest BCUT2D eigenvalue weighted by Crippen LogP contribution is -2.06. The van der Waals surface area contributed by atoms with Gasteiger partial charge < -0.3 is 10.5 Å². The van der Waals surface area contributed by atoms with Crippen LogP contribution in [-0.4, -0.2) is 9.78 Å². The van der Waals surface area contributed by atoms with E-state index >= 15 is 0 Å². The van der Waals surface area contributed by atoms with Crippen LogP contribution in [0.2, 0.25) is 10.0 Å². The fourth-order valence-corrected chi connectivity index (χ4v) is 2.54. The molecular formula is C14H17Cl2N3O. The largest absolute Gasteiger partial charge is 0.485 e. The molecule has 0 saturated heterocycles. The number of ether oxygens (including phenoxy) is 1. The van der Waals surface area contributed by atoms with Crippen molar-refractivity contribution >= 4 is 23.2 Å². The van der Waals surface area contributed by atoms with Crippen LogP contribution >= 0.6 is 23.2 Å². The van der Waals surface area contributed by atoms with Crippen LogP contribution in [0.3, 0.4) is 0 Å². The number of hydrogen-bond donors (Lipinski definition) is 1. The lowest BCUT2D eigenvalue weighted by molar-refractivity contribution is 0.292. The number of benzene rings is 1. The van der Waals surface area contributed by atoms with Gasteiger partial charge in [-0.1, -0.05) is 30.1 Å². The predicted molar refractivity (Wildman–Crippen MR) is 81.3 cm³/mol. The van der Waals surface area contributed by atoms with Gasteiger partial charge in [0.05, 0.1) is 16.4 Å². The molecule has 4 nitrogen and oxygen atoms in total. The van der Waals surface area contributed by atoms with E-state index in [9.17, 15) is 0 Å². The maximum atomic E-state index is 6.16. The first-order valence-electron chi connectivity index (χ1n) is 6.37. The maximum absolute atomic E-state index is 6.16. The summed E-state index contributed by atoms with van der Waals surface area (Å²) < 4.78 is 7.62. The number of aromatic nitrogens is 2. The first kappa shape index (κ1) is 15.2. The van der Waals surface area contributed by atoms with Crippen LogP contribution < -0.4 is 10.5 Å². The Balaban J connectivity index is 2.20. The molecule has 108 valence electrons. The average Bonchev–Trinajstić information content (AvgIpc) is 2.77. The molecule has 1 heterocycles. The lowest BCUT2D eigenvalue weighted by Gasteiger charge is -2.12. The van der Waals surface area contributed by atoms with Gasteiger partial charge in [-0.2, -0.15) is 5.10 Å².